The van der Waals surface area contributed by atoms with E-state index in [1.165, 1.54) is 4.68 Å². The Labute approximate surface area is 114 Å². The molecule has 19 heavy (non-hydrogen) atoms. The second-order valence-corrected chi connectivity index (χ2v) is 4.68. The van der Waals surface area contributed by atoms with Crippen molar-refractivity contribution < 1.29 is 4.79 Å². The first-order valence-corrected chi connectivity index (χ1v) is 6.49. The number of carbonyl (C=O) groups is 1. The SMILES string of the molecule is CCCc1nnsc1C(=O)Nc1nn(C)cc1C#N. The van der Waals surface area contributed by atoms with E-state index in [-0.39, 0.29) is 11.7 Å². The zero-order valence-corrected chi connectivity index (χ0v) is 11.4. The van der Waals surface area contributed by atoms with Crippen molar-refractivity contribution >= 4 is 23.3 Å². The van der Waals surface area contributed by atoms with Gasteiger partial charge in [0.15, 0.2) is 5.82 Å². The second kappa shape index (κ2) is 5.58. The normalized spacial score (nSPS) is 10.2. The van der Waals surface area contributed by atoms with E-state index >= 15 is 0 Å². The van der Waals surface area contributed by atoms with E-state index in [1.54, 1.807) is 13.2 Å². The molecule has 2 aromatic heterocycles. The van der Waals surface area contributed by atoms with Crippen molar-refractivity contribution in [3.8, 4) is 6.07 Å². The molecule has 0 aliphatic rings. The smallest absolute Gasteiger partial charge is 0.270 e. The summed E-state index contributed by atoms with van der Waals surface area (Å²) in [5.41, 5.74) is 1.00. The number of carbonyl (C=O) groups excluding carboxylic acids is 1. The summed E-state index contributed by atoms with van der Waals surface area (Å²) in [6.45, 7) is 2.01. The lowest BCUT2D eigenvalue weighted by Gasteiger charge is -2.01. The molecule has 2 aromatic rings. The summed E-state index contributed by atoms with van der Waals surface area (Å²) >= 11 is 1.05. The van der Waals surface area contributed by atoms with E-state index in [1.807, 2.05) is 13.0 Å². The van der Waals surface area contributed by atoms with Gasteiger partial charge in [0.1, 0.15) is 16.5 Å². The number of hydrogen-bond acceptors (Lipinski definition) is 6. The topological polar surface area (TPSA) is 96.5 Å². The van der Waals surface area contributed by atoms with E-state index in [0.717, 1.165) is 18.0 Å². The summed E-state index contributed by atoms with van der Waals surface area (Å²) in [7, 11) is 1.69. The zero-order valence-electron chi connectivity index (χ0n) is 10.5. The third-order valence-electron chi connectivity index (χ3n) is 2.43. The van der Waals surface area contributed by atoms with Gasteiger partial charge >= 0.3 is 0 Å². The highest BCUT2D eigenvalue weighted by molar-refractivity contribution is 7.08. The molecule has 0 bridgehead atoms. The van der Waals surface area contributed by atoms with Gasteiger partial charge in [-0.25, -0.2) is 0 Å². The standard InChI is InChI=1S/C11H12N6OS/c1-3-4-8-9(19-16-14-8)11(18)13-10-7(5-12)6-17(2)15-10/h6H,3-4H2,1-2H3,(H,13,15,18). The maximum atomic E-state index is 12.1. The summed E-state index contributed by atoms with van der Waals surface area (Å²) in [5, 5.41) is 19.5. The number of rotatable bonds is 4. The first-order valence-electron chi connectivity index (χ1n) is 5.72. The molecule has 1 N–H and O–H groups in total. The van der Waals surface area contributed by atoms with Crippen LogP contribution in [0.15, 0.2) is 6.20 Å². The lowest BCUT2D eigenvalue weighted by molar-refractivity contribution is 0.102. The Balaban J connectivity index is 2.21. The van der Waals surface area contributed by atoms with Gasteiger partial charge in [0.05, 0.1) is 5.69 Å². The maximum Gasteiger partial charge on any atom is 0.270 e. The first kappa shape index (κ1) is 13.2. The zero-order chi connectivity index (χ0) is 13.8. The van der Waals surface area contributed by atoms with Crippen LogP contribution in [0.4, 0.5) is 5.82 Å². The summed E-state index contributed by atoms with van der Waals surface area (Å²) in [6.07, 6.45) is 3.14. The molecule has 0 atom stereocenters. The third-order valence-corrected chi connectivity index (χ3v) is 3.20. The van der Waals surface area contributed by atoms with Gasteiger partial charge in [0.2, 0.25) is 0 Å². The number of amides is 1. The highest BCUT2D eigenvalue weighted by atomic mass is 32.1. The second-order valence-electron chi connectivity index (χ2n) is 3.93. The van der Waals surface area contributed by atoms with Gasteiger partial charge in [-0.05, 0) is 18.0 Å². The summed E-state index contributed by atoms with van der Waals surface area (Å²) in [5.74, 6) is -0.0699. The fraction of sp³-hybridized carbons (Fsp3) is 0.364. The molecular formula is C11H12N6OS. The number of aromatic nitrogens is 4. The van der Waals surface area contributed by atoms with Crippen LogP contribution < -0.4 is 5.32 Å². The fourth-order valence-corrected chi connectivity index (χ4v) is 2.21. The van der Waals surface area contributed by atoms with Gasteiger partial charge in [-0.3, -0.25) is 9.48 Å². The van der Waals surface area contributed by atoms with Gasteiger partial charge in [0.25, 0.3) is 5.91 Å². The Kier molecular flexibility index (Phi) is 3.87. The first-order chi connectivity index (χ1) is 9.15. The molecule has 2 heterocycles. The van der Waals surface area contributed by atoms with Crippen molar-refractivity contribution in [2.24, 2.45) is 7.05 Å². The summed E-state index contributed by atoms with van der Waals surface area (Å²) in [4.78, 5) is 12.6. The van der Waals surface area contributed by atoms with E-state index in [0.29, 0.717) is 22.6 Å². The Morgan fingerprint density at radius 2 is 2.42 bits per heavy atom. The minimum Gasteiger partial charge on any atom is -0.303 e. The molecule has 0 saturated carbocycles. The number of nitriles is 1. The molecular weight excluding hydrogens is 264 g/mol. The monoisotopic (exact) mass is 276 g/mol. The summed E-state index contributed by atoms with van der Waals surface area (Å²) < 4.78 is 5.27. The van der Waals surface area contributed by atoms with Crippen LogP contribution in [0.3, 0.4) is 0 Å². The van der Waals surface area contributed by atoms with E-state index in [4.69, 9.17) is 5.26 Å². The Morgan fingerprint density at radius 3 is 3.11 bits per heavy atom. The Hall–Kier alpha value is -2.27. The minimum absolute atomic E-state index is 0.255. The van der Waals surface area contributed by atoms with Crippen LogP contribution in [0.25, 0.3) is 0 Å². The minimum atomic E-state index is -0.325. The maximum absolute atomic E-state index is 12.1. The van der Waals surface area contributed by atoms with Crippen molar-refractivity contribution in [3.63, 3.8) is 0 Å². The van der Waals surface area contributed by atoms with Gasteiger partial charge in [0, 0.05) is 13.2 Å². The van der Waals surface area contributed by atoms with Crippen LogP contribution in [-0.4, -0.2) is 25.3 Å². The highest BCUT2D eigenvalue weighted by Gasteiger charge is 2.18. The van der Waals surface area contributed by atoms with Gasteiger partial charge in [-0.15, -0.1) is 5.10 Å². The molecule has 0 spiro atoms. The van der Waals surface area contributed by atoms with Crippen LogP contribution in [0, 0.1) is 11.3 Å². The molecule has 0 aliphatic carbocycles. The van der Waals surface area contributed by atoms with Gasteiger partial charge < -0.3 is 5.32 Å². The fourth-order valence-electron chi connectivity index (χ4n) is 1.61. The number of nitrogens with zero attached hydrogens (tertiary/aromatic N) is 5. The molecule has 0 radical (unpaired) electrons. The molecule has 7 nitrogen and oxygen atoms in total. The van der Waals surface area contributed by atoms with Crippen LogP contribution in [0.2, 0.25) is 0 Å². The molecule has 2 rings (SSSR count). The van der Waals surface area contributed by atoms with Crippen molar-refractivity contribution in [1.29, 1.82) is 5.26 Å². The van der Waals surface area contributed by atoms with E-state index in [9.17, 15) is 4.79 Å². The van der Waals surface area contributed by atoms with Crippen LogP contribution in [-0.2, 0) is 13.5 Å². The van der Waals surface area contributed by atoms with Gasteiger partial charge in [-0.1, -0.05) is 17.8 Å². The number of hydrogen-bond donors (Lipinski definition) is 1. The molecule has 1 amide bonds. The number of aryl methyl sites for hydroxylation is 2. The molecule has 98 valence electrons. The van der Waals surface area contributed by atoms with E-state index in [2.05, 4.69) is 20.0 Å². The Morgan fingerprint density at radius 1 is 1.63 bits per heavy atom. The average Bonchev–Trinajstić information content (AvgIpc) is 2.96. The quantitative estimate of drug-likeness (QED) is 0.909. The number of nitrogens with one attached hydrogen (secondary N) is 1. The van der Waals surface area contributed by atoms with Crippen LogP contribution in [0.5, 0.6) is 0 Å². The largest absolute Gasteiger partial charge is 0.303 e. The van der Waals surface area contributed by atoms with Crippen molar-refractivity contribution in [1.82, 2.24) is 19.4 Å². The van der Waals surface area contributed by atoms with Crippen molar-refractivity contribution in [2.45, 2.75) is 19.8 Å². The third kappa shape index (κ3) is 2.77. The molecule has 0 saturated heterocycles. The summed E-state index contributed by atoms with van der Waals surface area (Å²) in [6, 6.07) is 1.98. The Bertz CT molecular complexity index is 638. The van der Waals surface area contributed by atoms with Gasteiger partial charge in [-0.2, -0.15) is 10.4 Å². The molecule has 8 heteroatoms. The van der Waals surface area contributed by atoms with Crippen molar-refractivity contribution in [3.05, 3.63) is 22.3 Å². The lowest BCUT2D eigenvalue weighted by Crippen LogP contribution is -2.14. The van der Waals surface area contributed by atoms with Crippen LogP contribution >= 0.6 is 11.5 Å². The predicted molar refractivity (Wildman–Crippen MR) is 69.8 cm³/mol. The number of anilines is 1. The molecule has 0 unspecified atom stereocenters. The predicted octanol–water partition coefficient (Wildman–Crippen LogP) is 1.35. The molecule has 0 aliphatic heterocycles. The van der Waals surface area contributed by atoms with Crippen LogP contribution in [0.1, 0.15) is 34.3 Å². The average molecular weight is 276 g/mol. The van der Waals surface area contributed by atoms with Crippen molar-refractivity contribution in [2.75, 3.05) is 5.32 Å². The van der Waals surface area contributed by atoms with E-state index < -0.39 is 0 Å². The molecule has 0 fully saturated rings. The molecule has 0 aromatic carbocycles. The lowest BCUT2D eigenvalue weighted by atomic mass is 10.2. The highest BCUT2D eigenvalue weighted by Crippen LogP contribution is 2.17.